The molecule has 0 aliphatic heterocycles. The molecule has 0 fully saturated rings. The first kappa shape index (κ1) is 10.4. The van der Waals surface area contributed by atoms with Crippen LogP contribution < -0.4 is 5.73 Å². The van der Waals surface area contributed by atoms with Crippen LogP contribution >= 0.6 is 11.3 Å². The van der Waals surface area contributed by atoms with Crippen LogP contribution in [-0.2, 0) is 6.42 Å². The number of hydrogen-bond donors (Lipinski definition) is 1. The molecule has 0 bridgehead atoms. The van der Waals surface area contributed by atoms with Gasteiger partial charge in [0.2, 0.25) is 4.96 Å². The van der Waals surface area contributed by atoms with Crippen LogP contribution in [0.4, 0.5) is 0 Å². The Labute approximate surface area is 102 Å². The van der Waals surface area contributed by atoms with Gasteiger partial charge in [-0.2, -0.15) is 0 Å². The molecule has 0 spiro atoms. The van der Waals surface area contributed by atoms with E-state index in [1.54, 1.807) is 23.7 Å². The molecule has 3 rings (SSSR count). The molecule has 0 saturated heterocycles. The summed E-state index contributed by atoms with van der Waals surface area (Å²) in [6.45, 7) is 0.622. The fraction of sp³-hybridized carbons (Fsp3) is 0.182. The minimum atomic E-state index is 0.622. The highest BCUT2D eigenvalue weighted by Gasteiger charge is 2.12. The second-order valence-electron chi connectivity index (χ2n) is 3.65. The third kappa shape index (κ3) is 1.71. The lowest BCUT2D eigenvalue weighted by Gasteiger charge is -2.00. The van der Waals surface area contributed by atoms with Crippen LogP contribution in [0.15, 0.2) is 29.9 Å². The van der Waals surface area contributed by atoms with E-state index in [4.69, 9.17) is 5.73 Å². The van der Waals surface area contributed by atoms with Crippen molar-refractivity contribution in [1.29, 1.82) is 0 Å². The number of thiazole rings is 1. The molecule has 0 atom stereocenters. The van der Waals surface area contributed by atoms with Crippen molar-refractivity contribution in [3.8, 4) is 11.4 Å². The Hall–Kier alpha value is -1.79. The number of hydrogen-bond acceptors (Lipinski definition) is 5. The van der Waals surface area contributed by atoms with E-state index in [1.165, 1.54) is 0 Å². The van der Waals surface area contributed by atoms with E-state index in [0.29, 0.717) is 6.54 Å². The smallest absolute Gasteiger partial charge is 0.216 e. The highest BCUT2D eigenvalue weighted by Crippen LogP contribution is 2.23. The van der Waals surface area contributed by atoms with E-state index in [0.717, 1.165) is 28.5 Å². The second kappa shape index (κ2) is 4.23. The second-order valence-corrected chi connectivity index (χ2v) is 4.49. The zero-order valence-electron chi connectivity index (χ0n) is 9.08. The van der Waals surface area contributed by atoms with Gasteiger partial charge in [-0.15, -0.1) is 21.5 Å². The molecule has 0 aliphatic rings. The Morgan fingerprint density at radius 2 is 2.29 bits per heavy atom. The first-order valence-corrected chi connectivity index (χ1v) is 6.20. The van der Waals surface area contributed by atoms with Crippen molar-refractivity contribution < 1.29 is 0 Å². The van der Waals surface area contributed by atoms with E-state index in [2.05, 4.69) is 25.0 Å². The number of rotatable bonds is 3. The lowest BCUT2D eigenvalue weighted by atomic mass is 10.2. The minimum Gasteiger partial charge on any atom is -0.330 e. The number of pyridine rings is 1. The molecule has 0 aliphatic carbocycles. The average molecular weight is 245 g/mol. The molecule has 5 nitrogen and oxygen atoms in total. The molecule has 0 unspecified atom stereocenters. The van der Waals surface area contributed by atoms with Gasteiger partial charge in [0.05, 0.1) is 0 Å². The number of fused-ring (bicyclic) bond motifs is 1. The van der Waals surface area contributed by atoms with E-state index in [9.17, 15) is 0 Å². The Morgan fingerprint density at radius 1 is 1.35 bits per heavy atom. The van der Waals surface area contributed by atoms with Crippen LogP contribution in [0.1, 0.15) is 5.69 Å². The Morgan fingerprint density at radius 3 is 3.06 bits per heavy atom. The van der Waals surface area contributed by atoms with Gasteiger partial charge < -0.3 is 5.73 Å². The molecule has 6 heteroatoms. The van der Waals surface area contributed by atoms with Crippen LogP contribution in [0, 0.1) is 0 Å². The number of aromatic nitrogens is 4. The van der Waals surface area contributed by atoms with Crippen molar-refractivity contribution in [2.45, 2.75) is 6.42 Å². The third-order valence-electron chi connectivity index (χ3n) is 2.54. The summed E-state index contributed by atoms with van der Waals surface area (Å²) in [7, 11) is 0. The topological polar surface area (TPSA) is 69.1 Å². The van der Waals surface area contributed by atoms with E-state index >= 15 is 0 Å². The van der Waals surface area contributed by atoms with E-state index in [1.807, 2.05) is 12.1 Å². The van der Waals surface area contributed by atoms with Gasteiger partial charge in [-0.1, -0.05) is 0 Å². The molecular weight excluding hydrogens is 234 g/mol. The van der Waals surface area contributed by atoms with Gasteiger partial charge in [0.25, 0.3) is 0 Å². The van der Waals surface area contributed by atoms with Crippen molar-refractivity contribution in [3.63, 3.8) is 0 Å². The Balaban J connectivity index is 2.19. The standard InChI is InChI=1S/C11H11N5S/c12-4-3-9-7-17-11-15-14-10(16(9)11)8-2-1-5-13-6-8/h1-2,5-7H,3-4,12H2. The molecule has 2 N–H and O–H groups in total. The highest BCUT2D eigenvalue weighted by molar-refractivity contribution is 7.15. The van der Waals surface area contributed by atoms with Gasteiger partial charge in [0.15, 0.2) is 5.82 Å². The van der Waals surface area contributed by atoms with Crippen LogP contribution in [0.5, 0.6) is 0 Å². The SMILES string of the molecule is NCCc1csc2nnc(-c3cccnc3)n12. The number of nitrogens with zero attached hydrogens (tertiary/aromatic N) is 4. The molecule has 0 amide bonds. The third-order valence-corrected chi connectivity index (χ3v) is 3.41. The molecule has 3 aromatic rings. The van der Waals surface area contributed by atoms with Crippen LogP contribution in [0.25, 0.3) is 16.3 Å². The predicted octanol–water partition coefficient (Wildman–Crippen LogP) is 1.35. The summed E-state index contributed by atoms with van der Waals surface area (Å²) >= 11 is 1.58. The van der Waals surface area contributed by atoms with Crippen LogP contribution in [0.2, 0.25) is 0 Å². The minimum absolute atomic E-state index is 0.622. The largest absolute Gasteiger partial charge is 0.330 e. The summed E-state index contributed by atoms with van der Waals surface area (Å²) < 4.78 is 2.05. The molecule has 0 saturated carbocycles. The molecule has 3 heterocycles. The summed E-state index contributed by atoms with van der Waals surface area (Å²) in [4.78, 5) is 5.00. The average Bonchev–Trinajstić information content (AvgIpc) is 2.94. The van der Waals surface area contributed by atoms with E-state index in [-0.39, 0.29) is 0 Å². The first-order valence-electron chi connectivity index (χ1n) is 5.32. The molecule has 17 heavy (non-hydrogen) atoms. The summed E-state index contributed by atoms with van der Waals surface area (Å²) in [5.74, 6) is 0.831. The first-order chi connectivity index (χ1) is 8.40. The van der Waals surface area contributed by atoms with Gasteiger partial charge in [0.1, 0.15) is 0 Å². The normalized spacial score (nSPS) is 11.1. The maximum Gasteiger partial charge on any atom is 0.216 e. The molecule has 86 valence electrons. The monoisotopic (exact) mass is 245 g/mol. The maximum atomic E-state index is 5.61. The Kier molecular flexibility index (Phi) is 2.58. The van der Waals surface area contributed by atoms with Gasteiger partial charge >= 0.3 is 0 Å². The lowest BCUT2D eigenvalue weighted by molar-refractivity contribution is 0.907. The predicted molar refractivity (Wildman–Crippen MR) is 66.9 cm³/mol. The van der Waals surface area contributed by atoms with Crippen molar-refractivity contribution in [3.05, 3.63) is 35.6 Å². The number of nitrogens with two attached hydrogens (primary N) is 1. The van der Waals surface area contributed by atoms with Gasteiger partial charge in [-0.25, -0.2) is 0 Å². The zero-order chi connectivity index (χ0) is 11.7. The summed E-state index contributed by atoms with van der Waals surface area (Å²) in [5, 5.41) is 10.5. The quantitative estimate of drug-likeness (QED) is 0.756. The zero-order valence-corrected chi connectivity index (χ0v) is 9.89. The summed E-state index contributed by atoms with van der Waals surface area (Å²) in [6, 6.07) is 3.87. The van der Waals surface area contributed by atoms with Gasteiger partial charge in [-0.05, 0) is 18.7 Å². The van der Waals surface area contributed by atoms with Crippen molar-refractivity contribution in [1.82, 2.24) is 19.6 Å². The molecule has 3 aromatic heterocycles. The van der Waals surface area contributed by atoms with Crippen molar-refractivity contribution in [2.75, 3.05) is 6.54 Å². The van der Waals surface area contributed by atoms with E-state index < -0.39 is 0 Å². The van der Waals surface area contributed by atoms with Crippen molar-refractivity contribution >= 4 is 16.3 Å². The van der Waals surface area contributed by atoms with Crippen LogP contribution in [0.3, 0.4) is 0 Å². The highest BCUT2D eigenvalue weighted by atomic mass is 32.1. The fourth-order valence-electron chi connectivity index (χ4n) is 1.78. The fourth-order valence-corrected chi connectivity index (χ4v) is 2.64. The van der Waals surface area contributed by atoms with Gasteiger partial charge in [-0.3, -0.25) is 9.38 Å². The van der Waals surface area contributed by atoms with Crippen LogP contribution in [-0.4, -0.2) is 26.1 Å². The van der Waals surface area contributed by atoms with Gasteiger partial charge in [0, 0.05) is 35.5 Å². The molecular formula is C11H11N5S. The van der Waals surface area contributed by atoms with Crippen molar-refractivity contribution in [2.24, 2.45) is 5.73 Å². The lowest BCUT2D eigenvalue weighted by Crippen LogP contribution is -2.05. The Bertz CT molecular complexity index is 628. The summed E-state index contributed by atoms with van der Waals surface area (Å²) in [6.07, 6.45) is 4.36. The molecule has 0 aromatic carbocycles. The summed E-state index contributed by atoms with van der Waals surface area (Å²) in [5.41, 5.74) is 7.72. The maximum absolute atomic E-state index is 5.61. The molecule has 0 radical (unpaired) electrons.